The Hall–Kier alpha value is -1.46. The molecule has 0 radical (unpaired) electrons. The van der Waals surface area contributed by atoms with Crippen LogP contribution in [0.4, 0.5) is 0 Å². The van der Waals surface area contributed by atoms with E-state index in [1.54, 1.807) is 0 Å². The van der Waals surface area contributed by atoms with Gasteiger partial charge in [0.2, 0.25) is 0 Å². The van der Waals surface area contributed by atoms with E-state index in [0.717, 1.165) is 6.42 Å². The van der Waals surface area contributed by atoms with Crippen molar-refractivity contribution in [1.29, 1.82) is 0 Å². The van der Waals surface area contributed by atoms with Gasteiger partial charge in [-0.05, 0) is 22.3 Å². The van der Waals surface area contributed by atoms with Gasteiger partial charge < -0.3 is 14.3 Å². The molecule has 4 heteroatoms. The molecule has 1 aliphatic heterocycles. The highest BCUT2D eigenvalue weighted by Gasteiger charge is 2.51. The normalized spacial score (nSPS) is 21.4. The summed E-state index contributed by atoms with van der Waals surface area (Å²) in [6, 6.07) is 21.4. The smallest absolute Gasteiger partial charge is 0.261 e. The Morgan fingerprint density at radius 3 is 1.85 bits per heavy atom. The van der Waals surface area contributed by atoms with Gasteiger partial charge in [-0.3, -0.25) is 0 Å². The average Bonchev–Trinajstić information content (AvgIpc) is 3.38. The summed E-state index contributed by atoms with van der Waals surface area (Å²) in [6.45, 7) is 9.09. The minimum absolute atomic E-state index is 0.0137. The summed E-state index contributed by atoms with van der Waals surface area (Å²) in [4.78, 5) is 0. The Labute approximate surface area is 158 Å². The molecular formula is C22H30O3Si. The van der Waals surface area contributed by atoms with E-state index in [0.29, 0.717) is 0 Å². The van der Waals surface area contributed by atoms with Gasteiger partial charge in [-0.15, -0.1) is 0 Å². The fraction of sp³-hybridized carbons (Fsp3) is 0.455. The van der Waals surface area contributed by atoms with Gasteiger partial charge >= 0.3 is 0 Å². The van der Waals surface area contributed by atoms with Crippen LogP contribution in [-0.4, -0.2) is 38.3 Å². The summed E-state index contributed by atoms with van der Waals surface area (Å²) in [7, 11) is -2.50. The molecule has 1 fully saturated rings. The van der Waals surface area contributed by atoms with Gasteiger partial charge in [0.1, 0.15) is 6.10 Å². The molecule has 1 N–H and O–H groups in total. The fourth-order valence-electron chi connectivity index (χ4n) is 3.92. The van der Waals surface area contributed by atoms with Gasteiger partial charge in [-0.1, -0.05) is 81.4 Å². The molecule has 3 atom stereocenters. The third-order valence-electron chi connectivity index (χ3n) is 5.23. The molecule has 3 rings (SSSR count). The predicted octanol–water partition coefficient (Wildman–Crippen LogP) is 3.10. The van der Waals surface area contributed by atoms with Crippen LogP contribution in [0.3, 0.4) is 0 Å². The number of aliphatic hydroxyl groups is 1. The fourth-order valence-corrected chi connectivity index (χ4v) is 8.63. The first-order valence-corrected chi connectivity index (χ1v) is 11.3. The van der Waals surface area contributed by atoms with E-state index < -0.39 is 8.32 Å². The van der Waals surface area contributed by atoms with Crippen LogP contribution in [0, 0.1) is 0 Å². The van der Waals surface area contributed by atoms with Crippen molar-refractivity contribution in [3.8, 4) is 0 Å². The van der Waals surface area contributed by atoms with Crippen LogP contribution in [0.5, 0.6) is 0 Å². The molecule has 0 spiro atoms. The van der Waals surface area contributed by atoms with Crippen molar-refractivity contribution in [3.63, 3.8) is 0 Å². The Morgan fingerprint density at radius 1 is 0.962 bits per heavy atom. The zero-order chi connectivity index (χ0) is 18.8. The van der Waals surface area contributed by atoms with E-state index in [1.807, 2.05) is 0 Å². The van der Waals surface area contributed by atoms with E-state index in [-0.39, 0.29) is 30.0 Å². The Bertz CT molecular complexity index is 657. The lowest BCUT2D eigenvalue weighted by Crippen LogP contribution is -2.67. The minimum Gasteiger partial charge on any atom is -0.405 e. The third kappa shape index (κ3) is 3.79. The summed E-state index contributed by atoms with van der Waals surface area (Å²) in [6.07, 6.45) is 0.978. The van der Waals surface area contributed by atoms with E-state index in [9.17, 15) is 5.11 Å². The molecule has 0 aliphatic carbocycles. The van der Waals surface area contributed by atoms with Crippen molar-refractivity contribution in [2.75, 3.05) is 6.61 Å². The molecule has 2 aromatic carbocycles. The number of aliphatic hydroxyl groups excluding tert-OH is 1. The van der Waals surface area contributed by atoms with Crippen LogP contribution >= 0.6 is 0 Å². The average molecular weight is 371 g/mol. The monoisotopic (exact) mass is 370 g/mol. The lowest BCUT2D eigenvalue weighted by atomic mass is 10.2. The number of hydrogen-bond donors (Lipinski definition) is 1. The molecule has 26 heavy (non-hydrogen) atoms. The lowest BCUT2D eigenvalue weighted by Gasteiger charge is -2.44. The van der Waals surface area contributed by atoms with Gasteiger partial charge in [-0.2, -0.15) is 0 Å². The van der Waals surface area contributed by atoms with Crippen LogP contribution in [0.2, 0.25) is 5.04 Å². The predicted molar refractivity (Wildman–Crippen MR) is 109 cm³/mol. The second kappa shape index (κ2) is 7.65. The van der Waals surface area contributed by atoms with Crippen LogP contribution in [0.15, 0.2) is 60.7 Å². The van der Waals surface area contributed by atoms with Crippen LogP contribution in [0.1, 0.15) is 34.1 Å². The van der Waals surface area contributed by atoms with E-state index >= 15 is 0 Å². The number of epoxide rings is 1. The van der Waals surface area contributed by atoms with E-state index in [4.69, 9.17) is 9.16 Å². The Morgan fingerprint density at radius 2 is 1.46 bits per heavy atom. The molecule has 1 saturated heterocycles. The summed E-state index contributed by atoms with van der Waals surface area (Å²) >= 11 is 0. The Balaban J connectivity index is 2.00. The number of rotatable bonds is 7. The van der Waals surface area contributed by atoms with Gasteiger partial charge in [0.15, 0.2) is 0 Å². The van der Waals surface area contributed by atoms with Crippen LogP contribution < -0.4 is 10.4 Å². The van der Waals surface area contributed by atoms with Crippen LogP contribution in [-0.2, 0) is 9.16 Å². The Kier molecular flexibility index (Phi) is 5.68. The second-order valence-electron chi connectivity index (χ2n) is 8.22. The van der Waals surface area contributed by atoms with Crippen LogP contribution in [0.25, 0.3) is 0 Å². The largest absolute Gasteiger partial charge is 0.405 e. The zero-order valence-corrected chi connectivity index (χ0v) is 17.2. The van der Waals surface area contributed by atoms with Crippen molar-refractivity contribution in [2.45, 2.75) is 57.5 Å². The van der Waals surface area contributed by atoms with Crippen molar-refractivity contribution in [3.05, 3.63) is 60.7 Å². The molecule has 0 aromatic heterocycles. The summed E-state index contributed by atoms with van der Waals surface area (Å²) < 4.78 is 12.5. The van der Waals surface area contributed by atoms with Gasteiger partial charge in [0.05, 0.1) is 12.7 Å². The number of ether oxygens (including phenoxy) is 1. The first-order valence-electron chi connectivity index (χ1n) is 9.43. The quantitative estimate of drug-likeness (QED) is 0.601. The van der Waals surface area contributed by atoms with Crippen molar-refractivity contribution < 1.29 is 14.3 Å². The summed E-state index contributed by atoms with van der Waals surface area (Å²) in [5, 5.41) is 11.8. The molecule has 1 aliphatic rings. The summed E-state index contributed by atoms with van der Waals surface area (Å²) in [5.74, 6) is 0. The highest BCUT2D eigenvalue weighted by atomic mass is 28.4. The zero-order valence-electron chi connectivity index (χ0n) is 16.2. The van der Waals surface area contributed by atoms with E-state index in [2.05, 4.69) is 88.4 Å². The topological polar surface area (TPSA) is 42.0 Å². The first-order chi connectivity index (χ1) is 12.4. The number of benzene rings is 2. The second-order valence-corrected chi connectivity index (χ2v) is 12.5. The maximum atomic E-state index is 9.25. The highest BCUT2D eigenvalue weighted by Crippen LogP contribution is 2.38. The number of hydrogen-bond acceptors (Lipinski definition) is 3. The van der Waals surface area contributed by atoms with Crippen molar-refractivity contribution in [1.82, 2.24) is 0 Å². The van der Waals surface area contributed by atoms with Gasteiger partial charge in [0, 0.05) is 12.5 Å². The SMILES string of the molecule is C[C@H](C[C@@H]1O[C@@H]1CO)O[Si](c1ccccc1)(c1ccccc1)C(C)(C)C. The van der Waals surface area contributed by atoms with Gasteiger partial charge in [-0.25, -0.2) is 0 Å². The van der Waals surface area contributed by atoms with Gasteiger partial charge in [0.25, 0.3) is 8.32 Å². The molecule has 0 amide bonds. The molecule has 140 valence electrons. The molecule has 2 aromatic rings. The summed E-state index contributed by atoms with van der Waals surface area (Å²) in [5.41, 5.74) is 0. The molecule has 0 saturated carbocycles. The standard InChI is InChI=1S/C22H30O3Si/c1-17(15-20-21(16-23)24-20)25-26(22(2,3)4,18-11-7-5-8-12-18)19-13-9-6-10-14-19/h5-14,17,20-21,23H,15-16H2,1-4H3/t17-,20+,21-/m1/s1. The minimum atomic E-state index is -2.50. The maximum absolute atomic E-state index is 9.25. The molecule has 1 heterocycles. The molecule has 0 bridgehead atoms. The van der Waals surface area contributed by atoms with Crippen molar-refractivity contribution in [2.24, 2.45) is 0 Å². The molecule has 0 unspecified atom stereocenters. The first kappa shape index (κ1) is 19.3. The van der Waals surface area contributed by atoms with E-state index in [1.165, 1.54) is 10.4 Å². The molecular weight excluding hydrogens is 340 g/mol. The van der Waals surface area contributed by atoms with Crippen molar-refractivity contribution >= 4 is 18.7 Å². The highest BCUT2D eigenvalue weighted by molar-refractivity contribution is 6.99. The maximum Gasteiger partial charge on any atom is 0.261 e. The third-order valence-corrected chi connectivity index (χ3v) is 10.4. The lowest BCUT2D eigenvalue weighted by molar-refractivity contribution is 0.181. The molecule has 3 nitrogen and oxygen atoms in total.